The molecule has 0 heterocycles. The van der Waals surface area contributed by atoms with Gasteiger partial charge in [-0.2, -0.15) is 5.26 Å². The van der Waals surface area contributed by atoms with Crippen LogP contribution in [0.3, 0.4) is 0 Å². The van der Waals surface area contributed by atoms with E-state index in [4.69, 9.17) is 11.6 Å². The van der Waals surface area contributed by atoms with Gasteiger partial charge in [-0.05, 0) is 43.0 Å². The van der Waals surface area contributed by atoms with Gasteiger partial charge in [0.1, 0.15) is 6.07 Å². The zero-order chi connectivity index (χ0) is 13.8. The Labute approximate surface area is 122 Å². The summed E-state index contributed by atoms with van der Waals surface area (Å²) in [6.45, 7) is 1.99. The maximum Gasteiger partial charge on any atom is 0.103 e. The molecule has 96 valence electrons. The third-order valence-electron chi connectivity index (χ3n) is 2.75. The number of halogens is 1. The monoisotopic (exact) mass is 288 g/mol. The second-order valence-electron chi connectivity index (χ2n) is 4.10. The first-order chi connectivity index (χ1) is 9.15. The van der Waals surface area contributed by atoms with Crippen LogP contribution in [-0.2, 0) is 0 Å². The molecule has 4 heteroatoms. The Morgan fingerprint density at radius 3 is 2.63 bits per heavy atom. The third kappa shape index (κ3) is 3.04. The Bertz CT molecular complexity index is 647. The van der Waals surface area contributed by atoms with Gasteiger partial charge in [0.25, 0.3) is 0 Å². The summed E-state index contributed by atoms with van der Waals surface area (Å²) >= 11 is 7.75. The summed E-state index contributed by atoms with van der Waals surface area (Å²) < 4.78 is 0. The molecule has 1 N–H and O–H groups in total. The predicted octanol–water partition coefficient (Wildman–Crippen LogP) is 4.99. The minimum Gasteiger partial charge on any atom is -0.353 e. The van der Waals surface area contributed by atoms with Gasteiger partial charge >= 0.3 is 0 Å². The van der Waals surface area contributed by atoms with Crippen LogP contribution in [0.4, 0.5) is 11.4 Å². The molecule has 0 aromatic heterocycles. The van der Waals surface area contributed by atoms with Crippen molar-refractivity contribution in [1.82, 2.24) is 0 Å². The van der Waals surface area contributed by atoms with Crippen LogP contribution in [0.2, 0.25) is 5.02 Å². The molecule has 0 spiro atoms. The summed E-state index contributed by atoms with van der Waals surface area (Å²) in [7, 11) is 0. The van der Waals surface area contributed by atoms with E-state index >= 15 is 0 Å². The molecule has 19 heavy (non-hydrogen) atoms. The highest BCUT2D eigenvalue weighted by Gasteiger charge is 2.09. The molecule has 2 aromatic rings. The van der Waals surface area contributed by atoms with Crippen LogP contribution in [0.25, 0.3) is 0 Å². The molecule has 0 amide bonds. The summed E-state index contributed by atoms with van der Waals surface area (Å²) in [4.78, 5) is 0.954. The van der Waals surface area contributed by atoms with Crippen LogP contribution in [0, 0.1) is 18.3 Å². The smallest absolute Gasteiger partial charge is 0.103 e. The zero-order valence-corrected chi connectivity index (χ0v) is 12.3. The summed E-state index contributed by atoms with van der Waals surface area (Å²) in [6, 6.07) is 13.8. The first kappa shape index (κ1) is 13.8. The fourth-order valence-electron chi connectivity index (χ4n) is 1.79. The van der Waals surface area contributed by atoms with Gasteiger partial charge in [0.15, 0.2) is 0 Å². The molecule has 2 nitrogen and oxygen atoms in total. The Morgan fingerprint density at radius 1 is 1.21 bits per heavy atom. The van der Waals surface area contributed by atoms with Crippen LogP contribution in [0.15, 0.2) is 41.3 Å². The van der Waals surface area contributed by atoms with Crippen molar-refractivity contribution >= 4 is 34.7 Å². The van der Waals surface area contributed by atoms with E-state index in [1.165, 1.54) is 0 Å². The molecular formula is C15H13ClN2S. The molecule has 0 bridgehead atoms. The number of nitrogens with zero attached hydrogens (tertiary/aromatic N) is 1. The molecule has 0 aliphatic rings. The molecule has 0 fully saturated rings. The molecule has 0 aliphatic heterocycles. The molecule has 0 unspecified atom stereocenters. The van der Waals surface area contributed by atoms with E-state index in [0.29, 0.717) is 10.6 Å². The fraction of sp³-hybridized carbons (Fsp3) is 0.133. The van der Waals surface area contributed by atoms with Crippen LogP contribution in [-0.4, -0.2) is 6.26 Å². The van der Waals surface area contributed by atoms with E-state index in [9.17, 15) is 5.26 Å². The van der Waals surface area contributed by atoms with Crippen molar-refractivity contribution in [2.75, 3.05) is 11.6 Å². The van der Waals surface area contributed by atoms with Gasteiger partial charge in [0, 0.05) is 4.90 Å². The molecule has 0 aliphatic carbocycles. The molecule has 0 atom stereocenters. The van der Waals surface area contributed by atoms with Crippen molar-refractivity contribution in [3.8, 4) is 6.07 Å². The van der Waals surface area contributed by atoms with E-state index in [2.05, 4.69) is 11.4 Å². The number of benzene rings is 2. The summed E-state index contributed by atoms with van der Waals surface area (Å²) in [6.07, 6.45) is 1.96. The summed E-state index contributed by atoms with van der Waals surface area (Å²) in [5, 5.41) is 13.2. The van der Waals surface area contributed by atoms with Crippen molar-refractivity contribution in [3.63, 3.8) is 0 Å². The molecule has 0 saturated carbocycles. The van der Waals surface area contributed by atoms with Gasteiger partial charge in [-0.25, -0.2) is 0 Å². The lowest BCUT2D eigenvalue weighted by molar-refractivity contribution is 1.35. The average Bonchev–Trinajstić information content (AvgIpc) is 2.41. The van der Waals surface area contributed by atoms with Crippen molar-refractivity contribution in [3.05, 3.63) is 52.5 Å². The predicted molar refractivity (Wildman–Crippen MR) is 82.4 cm³/mol. The Kier molecular flexibility index (Phi) is 4.36. The first-order valence-electron chi connectivity index (χ1n) is 5.76. The largest absolute Gasteiger partial charge is 0.353 e. The highest BCUT2D eigenvalue weighted by atomic mass is 35.5. The summed E-state index contributed by atoms with van der Waals surface area (Å²) in [5.74, 6) is 0. The Balaban J connectivity index is 2.41. The van der Waals surface area contributed by atoms with Gasteiger partial charge < -0.3 is 5.32 Å². The number of nitriles is 1. The normalized spacial score (nSPS) is 10.0. The van der Waals surface area contributed by atoms with E-state index in [1.54, 1.807) is 11.8 Å². The minimum atomic E-state index is 0.645. The van der Waals surface area contributed by atoms with Crippen molar-refractivity contribution in [2.45, 2.75) is 11.8 Å². The number of rotatable bonds is 3. The quantitative estimate of drug-likeness (QED) is 0.809. The van der Waals surface area contributed by atoms with Crippen molar-refractivity contribution in [1.29, 1.82) is 5.26 Å². The number of aryl methyl sites for hydroxylation is 1. The van der Waals surface area contributed by atoms with Gasteiger partial charge in [-0.1, -0.05) is 23.7 Å². The van der Waals surface area contributed by atoms with Crippen molar-refractivity contribution < 1.29 is 0 Å². The van der Waals surface area contributed by atoms with Gasteiger partial charge in [-0.3, -0.25) is 0 Å². The number of hydrogen-bond acceptors (Lipinski definition) is 3. The van der Waals surface area contributed by atoms with Crippen LogP contribution >= 0.6 is 23.4 Å². The van der Waals surface area contributed by atoms with Crippen LogP contribution < -0.4 is 5.32 Å². The number of nitrogens with one attached hydrogen (secondary N) is 1. The number of anilines is 2. The first-order valence-corrected chi connectivity index (χ1v) is 7.36. The fourth-order valence-corrected chi connectivity index (χ4v) is 2.64. The second kappa shape index (κ2) is 6.01. The third-order valence-corrected chi connectivity index (χ3v) is 3.84. The molecule has 2 rings (SSSR count). The average molecular weight is 289 g/mol. The van der Waals surface area contributed by atoms with Gasteiger partial charge in [0.2, 0.25) is 0 Å². The Morgan fingerprint density at radius 2 is 2.00 bits per heavy atom. The lowest BCUT2D eigenvalue weighted by Crippen LogP contribution is -1.96. The second-order valence-corrected chi connectivity index (χ2v) is 5.36. The maximum atomic E-state index is 9.29. The molecular weight excluding hydrogens is 276 g/mol. The van der Waals surface area contributed by atoms with Gasteiger partial charge in [-0.15, -0.1) is 11.8 Å². The molecule has 0 saturated heterocycles. The van der Waals surface area contributed by atoms with E-state index in [-0.39, 0.29) is 0 Å². The van der Waals surface area contributed by atoms with E-state index in [1.807, 2.05) is 49.6 Å². The zero-order valence-electron chi connectivity index (χ0n) is 10.7. The summed E-state index contributed by atoms with van der Waals surface area (Å²) in [5.41, 5.74) is 3.34. The SMILES string of the molecule is CSc1cccc(Nc2ccc(C)cc2Cl)c1C#N. The Hall–Kier alpha value is -1.63. The van der Waals surface area contributed by atoms with Crippen LogP contribution in [0.5, 0.6) is 0 Å². The highest BCUT2D eigenvalue weighted by molar-refractivity contribution is 7.98. The maximum absolute atomic E-state index is 9.29. The number of hydrogen-bond donors (Lipinski definition) is 1. The molecule has 0 radical (unpaired) electrons. The number of thioether (sulfide) groups is 1. The highest BCUT2D eigenvalue weighted by Crippen LogP contribution is 2.31. The van der Waals surface area contributed by atoms with E-state index in [0.717, 1.165) is 21.8 Å². The van der Waals surface area contributed by atoms with Crippen LogP contribution in [0.1, 0.15) is 11.1 Å². The standard InChI is InChI=1S/C15H13ClN2S/c1-10-6-7-14(12(16)8-10)18-13-4-3-5-15(19-2)11(13)9-17/h3-8,18H,1-2H3. The van der Waals surface area contributed by atoms with Gasteiger partial charge in [0.05, 0.1) is 22.0 Å². The van der Waals surface area contributed by atoms with Crippen molar-refractivity contribution in [2.24, 2.45) is 0 Å². The molecule has 2 aromatic carbocycles. The lowest BCUT2D eigenvalue weighted by Gasteiger charge is -2.12. The minimum absolute atomic E-state index is 0.645. The lowest BCUT2D eigenvalue weighted by atomic mass is 10.1. The topological polar surface area (TPSA) is 35.8 Å². The van der Waals surface area contributed by atoms with E-state index < -0.39 is 0 Å².